The van der Waals surface area contributed by atoms with E-state index in [2.05, 4.69) is 22.2 Å². The Hall–Kier alpha value is -3.44. The van der Waals surface area contributed by atoms with E-state index in [0.29, 0.717) is 28.8 Å². The molecule has 3 heterocycles. The van der Waals surface area contributed by atoms with Gasteiger partial charge in [-0.25, -0.2) is 14.6 Å². The van der Waals surface area contributed by atoms with E-state index in [1.54, 1.807) is 37.4 Å². The molecular weight excluding hydrogens is 454 g/mol. The number of hydrogen-bond acceptors (Lipinski definition) is 10. The van der Waals surface area contributed by atoms with Gasteiger partial charge in [-0.05, 0) is 26.0 Å². The fourth-order valence-corrected chi connectivity index (χ4v) is 4.24. The van der Waals surface area contributed by atoms with Gasteiger partial charge in [0.05, 0.1) is 6.61 Å². The number of nitrogens with zero attached hydrogens (tertiary/aromatic N) is 1. The van der Waals surface area contributed by atoms with Crippen LogP contribution in [0.1, 0.15) is 33.5 Å². The van der Waals surface area contributed by atoms with Crippen LogP contribution >= 0.6 is 22.7 Å². The third-order valence-corrected chi connectivity index (χ3v) is 5.67. The Morgan fingerprint density at radius 2 is 2.00 bits per heavy atom. The molecule has 168 valence electrons. The number of aromatic nitrogens is 1. The third kappa shape index (κ3) is 5.62. The van der Waals surface area contributed by atoms with E-state index in [9.17, 15) is 14.4 Å². The van der Waals surface area contributed by atoms with Gasteiger partial charge >= 0.3 is 11.9 Å². The van der Waals surface area contributed by atoms with E-state index >= 15 is 0 Å². The van der Waals surface area contributed by atoms with Crippen LogP contribution in [-0.2, 0) is 14.3 Å². The number of amides is 1. The van der Waals surface area contributed by atoms with Gasteiger partial charge < -0.3 is 24.5 Å². The first kappa shape index (κ1) is 23.2. The predicted molar refractivity (Wildman–Crippen MR) is 122 cm³/mol. The monoisotopic (exact) mass is 475 g/mol. The van der Waals surface area contributed by atoms with Gasteiger partial charge in [0.2, 0.25) is 0 Å². The molecule has 0 radical (unpaired) electrons. The van der Waals surface area contributed by atoms with Crippen LogP contribution in [0.4, 0.5) is 10.1 Å². The predicted octanol–water partition coefficient (Wildman–Crippen LogP) is 4.34. The van der Waals surface area contributed by atoms with Crippen LogP contribution in [0.15, 0.2) is 40.0 Å². The van der Waals surface area contributed by atoms with Gasteiger partial charge in [0, 0.05) is 22.9 Å². The summed E-state index contributed by atoms with van der Waals surface area (Å²) in [6, 6.07) is 3.51. The van der Waals surface area contributed by atoms with Gasteiger partial charge in [-0.3, -0.25) is 4.79 Å². The van der Waals surface area contributed by atoms with Crippen LogP contribution < -0.4 is 10.6 Å². The molecule has 3 aromatic rings. The maximum Gasteiger partial charge on any atom is 0.358 e. The van der Waals surface area contributed by atoms with Crippen molar-refractivity contribution in [2.24, 2.45) is 0 Å². The van der Waals surface area contributed by atoms with Gasteiger partial charge in [-0.1, -0.05) is 6.08 Å². The number of thiophene rings is 1. The molecule has 0 aliphatic heterocycles. The molecule has 0 spiro atoms. The summed E-state index contributed by atoms with van der Waals surface area (Å²) in [6.07, 6.45) is 1.66. The maximum absolute atomic E-state index is 12.5. The molecule has 3 rings (SSSR count). The summed E-state index contributed by atoms with van der Waals surface area (Å²) in [5.74, 6) is -0.756. The first-order valence-electron chi connectivity index (χ1n) is 9.55. The molecule has 1 amide bonds. The number of anilines is 2. The smallest absolute Gasteiger partial charge is 0.358 e. The summed E-state index contributed by atoms with van der Waals surface area (Å²) in [7, 11) is 0. The Bertz CT molecular complexity index is 1130. The molecule has 32 heavy (non-hydrogen) atoms. The first-order chi connectivity index (χ1) is 15.4. The normalized spacial score (nSPS) is 10.4. The summed E-state index contributed by atoms with van der Waals surface area (Å²) in [5.41, 5.74) is 0.785. The summed E-state index contributed by atoms with van der Waals surface area (Å²) >= 11 is 2.38. The number of carbonyl (C=O) groups excluding carboxylic acids is 3. The maximum atomic E-state index is 12.5. The van der Waals surface area contributed by atoms with Crippen molar-refractivity contribution in [1.29, 1.82) is 0 Å². The molecule has 0 unspecified atom stereocenters. The Morgan fingerprint density at radius 1 is 1.19 bits per heavy atom. The van der Waals surface area contributed by atoms with Crippen LogP contribution in [0.2, 0.25) is 0 Å². The number of hydrogen-bond donors (Lipinski definition) is 2. The quantitative estimate of drug-likeness (QED) is 0.328. The highest BCUT2D eigenvalue weighted by Crippen LogP contribution is 2.37. The SMILES string of the molecule is C=CCNc1nc(C(=O)OCC(=O)Nc2scc(-c3ccc(C)o3)c2C(=O)OCC)cs1. The minimum absolute atomic E-state index is 0.0909. The summed E-state index contributed by atoms with van der Waals surface area (Å²) in [4.78, 5) is 41.1. The lowest BCUT2D eigenvalue weighted by molar-refractivity contribution is -0.119. The Kier molecular flexibility index (Phi) is 7.79. The lowest BCUT2D eigenvalue weighted by atomic mass is 10.1. The first-order valence-corrected chi connectivity index (χ1v) is 11.3. The van der Waals surface area contributed by atoms with Crippen molar-refractivity contribution in [1.82, 2.24) is 4.98 Å². The van der Waals surface area contributed by atoms with E-state index in [4.69, 9.17) is 13.9 Å². The number of rotatable bonds is 10. The fourth-order valence-electron chi connectivity index (χ4n) is 2.59. The molecule has 0 atom stereocenters. The van der Waals surface area contributed by atoms with Gasteiger partial charge in [-0.15, -0.1) is 29.3 Å². The molecule has 0 saturated heterocycles. The molecule has 0 saturated carbocycles. The molecule has 11 heteroatoms. The second-order valence-electron chi connectivity index (χ2n) is 6.32. The zero-order valence-corrected chi connectivity index (χ0v) is 19.1. The van der Waals surface area contributed by atoms with Crippen molar-refractivity contribution in [3.8, 4) is 11.3 Å². The van der Waals surface area contributed by atoms with Crippen LogP contribution in [0.3, 0.4) is 0 Å². The van der Waals surface area contributed by atoms with Crippen molar-refractivity contribution >= 4 is 50.7 Å². The van der Waals surface area contributed by atoms with E-state index < -0.39 is 24.5 Å². The highest BCUT2D eigenvalue weighted by atomic mass is 32.1. The largest absolute Gasteiger partial charge is 0.462 e. The Labute approximate surface area is 192 Å². The van der Waals surface area contributed by atoms with Gasteiger partial charge in [0.1, 0.15) is 22.1 Å². The van der Waals surface area contributed by atoms with E-state index in [-0.39, 0.29) is 22.9 Å². The second-order valence-corrected chi connectivity index (χ2v) is 8.05. The molecule has 0 aliphatic carbocycles. The lowest BCUT2D eigenvalue weighted by Gasteiger charge is -2.08. The zero-order valence-electron chi connectivity index (χ0n) is 17.4. The van der Waals surface area contributed by atoms with E-state index in [1.807, 2.05) is 0 Å². The average Bonchev–Trinajstić information content (AvgIpc) is 3.50. The third-order valence-electron chi connectivity index (χ3n) is 3.97. The molecule has 0 aliphatic rings. The number of nitrogens with one attached hydrogen (secondary N) is 2. The summed E-state index contributed by atoms with van der Waals surface area (Å²) in [6.45, 7) is 7.21. The van der Waals surface area contributed by atoms with Crippen LogP contribution in [0, 0.1) is 6.92 Å². The lowest BCUT2D eigenvalue weighted by Crippen LogP contribution is -2.22. The van der Waals surface area contributed by atoms with Crippen molar-refractivity contribution in [2.45, 2.75) is 13.8 Å². The summed E-state index contributed by atoms with van der Waals surface area (Å²) < 4.78 is 15.8. The number of carbonyl (C=O) groups is 3. The number of aryl methyl sites for hydroxylation is 1. The van der Waals surface area contributed by atoms with E-state index in [1.165, 1.54) is 16.7 Å². The number of ether oxygens (including phenoxy) is 2. The molecule has 0 fully saturated rings. The van der Waals surface area contributed by atoms with Crippen molar-refractivity contribution in [3.05, 3.63) is 52.6 Å². The van der Waals surface area contributed by atoms with Crippen LogP contribution in [0.5, 0.6) is 0 Å². The topological polar surface area (TPSA) is 120 Å². The van der Waals surface area contributed by atoms with Crippen molar-refractivity contribution in [3.63, 3.8) is 0 Å². The van der Waals surface area contributed by atoms with Gasteiger partial charge in [-0.2, -0.15) is 0 Å². The molecular formula is C21H21N3O6S2. The number of esters is 2. The highest BCUT2D eigenvalue weighted by Gasteiger charge is 2.25. The minimum Gasteiger partial charge on any atom is -0.462 e. The number of furan rings is 1. The molecule has 9 nitrogen and oxygen atoms in total. The second kappa shape index (κ2) is 10.7. The van der Waals surface area contributed by atoms with Crippen molar-refractivity contribution in [2.75, 3.05) is 30.4 Å². The zero-order chi connectivity index (χ0) is 23.1. The number of thiazole rings is 1. The van der Waals surface area contributed by atoms with Gasteiger partial charge in [0.25, 0.3) is 5.91 Å². The van der Waals surface area contributed by atoms with Crippen molar-refractivity contribution < 1.29 is 28.3 Å². The molecule has 0 aromatic carbocycles. The molecule has 0 bridgehead atoms. The Balaban J connectivity index is 1.67. The molecule has 2 N–H and O–H groups in total. The minimum atomic E-state index is -0.730. The average molecular weight is 476 g/mol. The fraction of sp³-hybridized carbons (Fsp3) is 0.238. The molecule has 3 aromatic heterocycles. The van der Waals surface area contributed by atoms with E-state index in [0.717, 1.165) is 11.3 Å². The summed E-state index contributed by atoms with van der Waals surface area (Å²) in [5, 5.41) is 9.61. The van der Waals surface area contributed by atoms with Crippen LogP contribution in [0.25, 0.3) is 11.3 Å². The van der Waals surface area contributed by atoms with Crippen LogP contribution in [-0.4, -0.2) is 42.6 Å². The standard InChI is InChI=1S/C21H21N3O6S2/c1-4-8-22-21-23-14(11-32-21)19(26)29-9-16(25)24-18-17(20(27)28-5-2)13(10-31-18)15-7-6-12(3)30-15/h4,6-7,10-11H,1,5,8-9H2,2-3H3,(H,22,23)(H,24,25). The highest BCUT2D eigenvalue weighted by molar-refractivity contribution is 7.15. The Morgan fingerprint density at radius 3 is 2.69 bits per heavy atom. The van der Waals surface area contributed by atoms with Gasteiger partial charge in [0.15, 0.2) is 17.4 Å².